The van der Waals surface area contributed by atoms with Gasteiger partial charge in [0.05, 0.1) is 10.5 Å². The number of hydrogen-bond acceptors (Lipinski definition) is 4. The van der Waals surface area contributed by atoms with Crippen LogP contribution in [-0.2, 0) is 6.54 Å². The summed E-state index contributed by atoms with van der Waals surface area (Å²) in [4.78, 5) is 27.0. The van der Waals surface area contributed by atoms with Crippen LogP contribution < -0.4 is 0 Å². The molecule has 6 nitrogen and oxygen atoms in total. The zero-order valence-electron chi connectivity index (χ0n) is 14.5. The zero-order chi connectivity index (χ0) is 19.3. The highest BCUT2D eigenvalue weighted by Crippen LogP contribution is 2.22. The summed E-state index contributed by atoms with van der Waals surface area (Å²) in [5.74, 6) is -0.595. The van der Waals surface area contributed by atoms with Gasteiger partial charge in [-0.2, -0.15) is 0 Å². The molecule has 0 N–H and O–H groups in total. The summed E-state index contributed by atoms with van der Waals surface area (Å²) in [6.07, 6.45) is 0. The molecule has 0 saturated carbocycles. The number of likely N-dealkylation sites (N-methyl/N-ethyl adjacent to an activating group) is 1. The highest BCUT2D eigenvalue weighted by Gasteiger charge is 2.21. The molecule has 0 aliphatic carbocycles. The third-order valence-electron chi connectivity index (χ3n) is 3.76. The predicted molar refractivity (Wildman–Crippen MR) is 106 cm³/mol. The van der Waals surface area contributed by atoms with Gasteiger partial charge in [-0.1, -0.05) is 12.1 Å². The van der Waals surface area contributed by atoms with Crippen LogP contribution in [0.5, 0.6) is 0 Å². The van der Waals surface area contributed by atoms with E-state index in [0.29, 0.717) is 27.8 Å². The molecule has 2 aromatic rings. The maximum absolute atomic E-state index is 13.5. The largest absolute Gasteiger partial charge is 0.333 e. The van der Waals surface area contributed by atoms with E-state index in [4.69, 9.17) is 0 Å². The number of benzene rings is 2. The van der Waals surface area contributed by atoms with Crippen molar-refractivity contribution in [3.63, 3.8) is 0 Å². The Kier molecular flexibility index (Phi) is 7.04. The lowest BCUT2D eigenvalue weighted by atomic mass is 10.1. The highest BCUT2D eigenvalue weighted by molar-refractivity contribution is 14.1. The fourth-order valence-corrected chi connectivity index (χ4v) is 3.12. The van der Waals surface area contributed by atoms with E-state index in [1.807, 2.05) is 41.6 Å². The normalized spacial score (nSPS) is 10.8. The summed E-state index contributed by atoms with van der Waals surface area (Å²) >= 11 is 1.92. The predicted octanol–water partition coefficient (Wildman–Crippen LogP) is 3.54. The minimum Gasteiger partial charge on any atom is -0.333 e. The lowest BCUT2D eigenvalue weighted by molar-refractivity contribution is -0.384. The summed E-state index contributed by atoms with van der Waals surface area (Å²) in [7, 11) is 3.81. The molecule has 2 aromatic carbocycles. The van der Waals surface area contributed by atoms with Crippen LogP contribution in [0.25, 0.3) is 0 Å². The van der Waals surface area contributed by atoms with Crippen LogP contribution in [-0.4, -0.2) is 47.8 Å². The van der Waals surface area contributed by atoms with Crippen molar-refractivity contribution in [2.75, 3.05) is 27.2 Å². The smallest absolute Gasteiger partial charge is 0.270 e. The zero-order valence-corrected chi connectivity index (χ0v) is 16.6. The molecule has 2 rings (SSSR count). The molecule has 0 aliphatic heterocycles. The van der Waals surface area contributed by atoms with Gasteiger partial charge < -0.3 is 9.80 Å². The van der Waals surface area contributed by atoms with Crippen molar-refractivity contribution in [2.24, 2.45) is 0 Å². The van der Waals surface area contributed by atoms with Crippen molar-refractivity contribution in [1.29, 1.82) is 0 Å². The summed E-state index contributed by atoms with van der Waals surface area (Å²) in [6, 6.07) is 10.3. The molecule has 0 radical (unpaired) electrons. The van der Waals surface area contributed by atoms with E-state index in [0.717, 1.165) is 0 Å². The average Bonchev–Trinajstić information content (AvgIpc) is 2.57. The van der Waals surface area contributed by atoms with Gasteiger partial charge in [0.15, 0.2) is 0 Å². The van der Waals surface area contributed by atoms with Crippen molar-refractivity contribution < 1.29 is 14.1 Å². The molecule has 0 unspecified atom stereocenters. The molecule has 26 heavy (non-hydrogen) atoms. The molecule has 0 bridgehead atoms. The second-order valence-electron chi connectivity index (χ2n) is 6.08. The summed E-state index contributed by atoms with van der Waals surface area (Å²) < 4.78 is 14.0. The van der Waals surface area contributed by atoms with Crippen LogP contribution in [0.1, 0.15) is 15.9 Å². The summed E-state index contributed by atoms with van der Waals surface area (Å²) in [5, 5.41) is 10.9. The van der Waals surface area contributed by atoms with E-state index in [1.165, 1.54) is 30.3 Å². The fraction of sp³-hybridized carbons (Fsp3) is 0.278. The van der Waals surface area contributed by atoms with Gasteiger partial charge in [-0.15, -0.1) is 0 Å². The molecule has 0 saturated heterocycles. The van der Waals surface area contributed by atoms with E-state index in [1.54, 1.807) is 17.0 Å². The Labute approximate surface area is 164 Å². The molecular formula is C18H19FIN3O3. The first kappa shape index (κ1) is 20.2. The Morgan fingerprint density at radius 3 is 2.50 bits per heavy atom. The number of carbonyl (C=O) groups excluding carboxylic acids is 1. The molecule has 138 valence electrons. The van der Waals surface area contributed by atoms with E-state index >= 15 is 0 Å². The first-order valence-electron chi connectivity index (χ1n) is 7.90. The summed E-state index contributed by atoms with van der Waals surface area (Å²) in [6.45, 7) is 1.36. The minimum absolute atomic E-state index is 0.0593. The number of halogens is 2. The van der Waals surface area contributed by atoms with Crippen LogP contribution in [0, 0.1) is 19.5 Å². The number of nitrogens with zero attached hydrogens (tertiary/aromatic N) is 3. The van der Waals surface area contributed by atoms with Crippen molar-refractivity contribution in [1.82, 2.24) is 9.80 Å². The minimum atomic E-state index is -0.493. The van der Waals surface area contributed by atoms with Gasteiger partial charge in [0.25, 0.3) is 11.6 Å². The number of carbonyl (C=O) groups is 1. The summed E-state index contributed by atoms with van der Waals surface area (Å²) in [5.41, 5.74) is 1.02. The maximum atomic E-state index is 13.5. The second kappa shape index (κ2) is 9.04. The molecule has 0 heterocycles. The lowest BCUT2D eigenvalue weighted by Gasteiger charge is -2.25. The number of rotatable bonds is 7. The van der Waals surface area contributed by atoms with Gasteiger partial charge in [0.2, 0.25) is 0 Å². The molecule has 8 heteroatoms. The molecular weight excluding hydrogens is 452 g/mol. The van der Waals surface area contributed by atoms with Gasteiger partial charge in [-0.05, 0) is 60.4 Å². The standard InChI is InChI=1S/C18H19FIN3O3/c1-21(2)8-9-22(12-13-4-3-5-14(19)10-13)18(24)16-7-6-15(23(25)26)11-17(16)20/h3-7,10-11H,8-9,12H2,1-2H3. The first-order chi connectivity index (χ1) is 12.3. The van der Waals surface area contributed by atoms with Crippen LogP contribution in [0.4, 0.5) is 10.1 Å². The van der Waals surface area contributed by atoms with Crippen molar-refractivity contribution in [3.8, 4) is 0 Å². The topological polar surface area (TPSA) is 66.7 Å². The van der Waals surface area contributed by atoms with Gasteiger partial charge in [0, 0.05) is 35.3 Å². The number of hydrogen-bond donors (Lipinski definition) is 0. The molecule has 0 fully saturated rings. The number of non-ortho nitro benzene ring substituents is 1. The van der Waals surface area contributed by atoms with E-state index in [-0.39, 0.29) is 24.0 Å². The molecule has 1 amide bonds. The van der Waals surface area contributed by atoms with E-state index in [2.05, 4.69) is 0 Å². The first-order valence-corrected chi connectivity index (χ1v) is 8.98. The Morgan fingerprint density at radius 1 is 1.19 bits per heavy atom. The fourth-order valence-electron chi connectivity index (χ4n) is 2.39. The Balaban J connectivity index is 2.28. The number of nitro benzene ring substituents is 1. The third-order valence-corrected chi connectivity index (χ3v) is 4.65. The number of amides is 1. The average molecular weight is 471 g/mol. The van der Waals surface area contributed by atoms with Gasteiger partial charge >= 0.3 is 0 Å². The van der Waals surface area contributed by atoms with Crippen molar-refractivity contribution in [3.05, 3.63) is 73.1 Å². The van der Waals surface area contributed by atoms with Gasteiger partial charge in [-0.3, -0.25) is 14.9 Å². The van der Waals surface area contributed by atoms with Gasteiger partial charge in [0.1, 0.15) is 5.82 Å². The molecule has 0 aliphatic rings. The monoisotopic (exact) mass is 471 g/mol. The molecule has 0 aromatic heterocycles. The lowest BCUT2D eigenvalue weighted by Crippen LogP contribution is -2.36. The van der Waals surface area contributed by atoms with Crippen LogP contribution in [0.3, 0.4) is 0 Å². The Bertz CT molecular complexity index is 814. The maximum Gasteiger partial charge on any atom is 0.270 e. The van der Waals surface area contributed by atoms with Gasteiger partial charge in [-0.25, -0.2) is 4.39 Å². The van der Waals surface area contributed by atoms with Crippen LogP contribution in [0.2, 0.25) is 0 Å². The Hall–Kier alpha value is -2.07. The second-order valence-corrected chi connectivity index (χ2v) is 7.24. The van der Waals surface area contributed by atoms with Crippen LogP contribution in [0.15, 0.2) is 42.5 Å². The highest BCUT2D eigenvalue weighted by atomic mass is 127. The van der Waals surface area contributed by atoms with E-state index in [9.17, 15) is 19.3 Å². The third kappa shape index (κ3) is 5.46. The van der Waals surface area contributed by atoms with Crippen molar-refractivity contribution >= 4 is 34.2 Å². The Morgan fingerprint density at radius 2 is 1.92 bits per heavy atom. The number of nitro groups is 1. The van der Waals surface area contributed by atoms with Crippen LogP contribution >= 0.6 is 22.6 Å². The van der Waals surface area contributed by atoms with E-state index < -0.39 is 4.92 Å². The quantitative estimate of drug-likeness (QED) is 0.352. The molecule has 0 spiro atoms. The SMILES string of the molecule is CN(C)CCN(Cc1cccc(F)c1)C(=O)c1ccc([N+](=O)[O-])cc1I. The molecule has 0 atom stereocenters. The van der Waals surface area contributed by atoms with Crippen molar-refractivity contribution in [2.45, 2.75) is 6.54 Å².